The molecule has 2 aromatic rings. The van der Waals surface area contributed by atoms with Gasteiger partial charge in [0, 0.05) is 24.5 Å². The maximum atomic E-state index is 12.0. The van der Waals surface area contributed by atoms with Crippen molar-refractivity contribution in [2.24, 2.45) is 5.73 Å². The Bertz CT molecular complexity index is 631. The number of amides is 3. The van der Waals surface area contributed by atoms with E-state index in [2.05, 4.69) is 23.1 Å². The van der Waals surface area contributed by atoms with Crippen LogP contribution in [0.5, 0.6) is 0 Å². The van der Waals surface area contributed by atoms with Gasteiger partial charge in [0.05, 0.1) is 5.69 Å². The van der Waals surface area contributed by atoms with E-state index in [-0.39, 0.29) is 6.03 Å². The Balaban J connectivity index is 1.97. The smallest absolute Gasteiger partial charge is 0.332 e. The molecule has 1 heterocycles. The van der Waals surface area contributed by atoms with E-state index in [1.165, 1.54) is 12.1 Å². The number of hydrogen-bond acceptors (Lipinski definition) is 4. The molecule has 0 aliphatic heterocycles. The highest BCUT2D eigenvalue weighted by Crippen LogP contribution is 2.17. The van der Waals surface area contributed by atoms with Crippen molar-refractivity contribution in [2.75, 3.05) is 4.31 Å². The number of benzene rings is 1. The molecule has 0 bridgehead atoms. The summed E-state index contributed by atoms with van der Waals surface area (Å²) in [6.07, 6.45) is 3.31. The first-order valence-electron chi connectivity index (χ1n) is 6.13. The minimum Gasteiger partial charge on any atom is -0.366 e. The highest BCUT2D eigenvalue weighted by Gasteiger charge is 2.12. The molecule has 0 spiro atoms. The summed E-state index contributed by atoms with van der Waals surface area (Å²) in [5.74, 6) is -0.519. The monoisotopic (exact) mass is 302 g/mol. The fraction of sp³-hybridized carbons (Fsp3) is 0.0714. The van der Waals surface area contributed by atoms with Crippen molar-refractivity contribution in [2.45, 2.75) is 6.54 Å². The van der Waals surface area contributed by atoms with E-state index in [1.54, 1.807) is 24.5 Å². The van der Waals surface area contributed by atoms with Crippen molar-refractivity contribution >= 4 is 30.4 Å². The molecule has 0 unspecified atom stereocenters. The summed E-state index contributed by atoms with van der Waals surface area (Å²) in [5.41, 5.74) is 7.00. The zero-order valence-electron chi connectivity index (χ0n) is 11.1. The number of primary amides is 1. The van der Waals surface area contributed by atoms with E-state index in [9.17, 15) is 9.59 Å². The van der Waals surface area contributed by atoms with Crippen molar-refractivity contribution in [3.63, 3.8) is 0 Å². The number of pyridine rings is 1. The Kier molecular flexibility index (Phi) is 4.78. The number of aromatic nitrogens is 1. The second kappa shape index (κ2) is 6.76. The normalized spacial score (nSPS) is 9.95. The van der Waals surface area contributed by atoms with Crippen molar-refractivity contribution in [3.8, 4) is 0 Å². The number of nitrogens with one attached hydrogen (secondary N) is 1. The number of nitrogens with two attached hydrogens (primary N) is 1. The van der Waals surface area contributed by atoms with Crippen LogP contribution in [0.4, 0.5) is 10.5 Å². The maximum absolute atomic E-state index is 12.0. The van der Waals surface area contributed by atoms with Crippen LogP contribution in [0.1, 0.15) is 15.9 Å². The van der Waals surface area contributed by atoms with Gasteiger partial charge in [0.25, 0.3) is 0 Å². The van der Waals surface area contributed by atoms with Gasteiger partial charge in [0.1, 0.15) is 0 Å². The Labute approximate surface area is 127 Å². The van der Waals surface area contributed by atoms with E-state index >= 15 is 0 Å². The summed E-state index contributed by atoms with van der Waals surface area (Å²) in [6.45, 7) is 0.373. The first-order chi connectivity index (χ1) is 10.1. The molecule has 6 nitrogen and oxygen atoms in total. The summed E-state index contributed by atoms with van der Waals surface area (Å²) in [5, 5.41) is 2.73. The largest absolute Gasteiger partial charge is 0.366 e. The fourth-order valence-corrected chi connectivity index (χ4v) is 1.84. The van der Waals surface area contributed by atoms with E-state index in [4.69, 9.17) is 5.73 Å². The minimum absolute atomic E-state index is 0.373. The van der Waals surface area contributed by atoms with Crippen LogP contribution >= 0.6 is 12.8 Å². The third-order valence-electron chi connectivity index (χ3n) is 2.78. The maximum Gasteiger partial charge on any atom is 0.332 e. The topological polar surface area (TPSA) is 88.3 Å². The van der Waals surface area contributed by atoms with E-state index in [0.29, 0.717) is 17.8 Å². The molecule has 0 aliphatic carbocycles. The highest BCUT2D eigenvalue weighted by molar-refractivity contribution is 7.82. The Morgan fingerprint density at radius 2 is 1.76 bits per heavy atom. The molecule has 1 aromatic heterocycles. The summed E-state index contributed by atoms with van der Waals surface area (Å²) in [4.78, 5) is 26.8. The number of hydrogen-bond donors (Lipinski definition) is 3. The average molecular weight is 302 g/mol. The summed E-state index contributed by atoms with van der Waals surface area (Å²) >= 11 is 4.14. The third-order valence-corrected chi connectivity index (χ3v) is 3.19. The number of thiol groups is 1. The lowest BCUT2D eigenvalue weighted by molar-refractivity contribution is 0.100. The number of urea groups is 1. The molecule has 0 fully saturated rings. The van der Waals surface area contributed by atoms with Gasteiger partial charge in [-0.15, -0.1) is 0 Å². The van der Waals surface area contributed by atoms with Crippen molar-refractivity contribution in [3.05, 3.63) is 59.9 Å². The molecule has 7 heteroatoms. The van der Waals surface area contributed by atoms with Crippen LogP contribution in [0.3, 0.4) is 0 Å². The molecule has 0 aliphatic rings. The highest BCUT2D eigenvalue weighted by atomic mass is 32.1. The van der Waals surface area contributed by atoms with E-state index in [1.807, 2.05) is 12.1 Å². The molecule has 0 atom stereocenters. The third kappa shape index (κ3) is 3.96. The van der Waals surface area contributed by atoms with Crippen molar-refractivity contribution in [1.29, 1.82) is 0 Å². The molecule has 3 N–H and O–H groups in total. The fourth-order valence-electron chi connectivity index (χ4n) is 1.64. The summed E-state index contributed by atoms with van der Waals surface area (Å²) in [7, 11) is 0. The predicted octanol–water partition coefficient (Wildman–Crippen LogP) is 1.74. The Hall–Kier alpha value is -2.54. The van der Waals surface area contributed by atoms with Crippen molar-refractivity contribution < 1.29 is 9.59 Å². The van der Waals surface area contributed by atoms with Gasteiger partial charge in [-0.3, -0.25) is 9.78 Å². The van der Waals surface area contributed by atoms with Gasteiger partial charge in [-0.1, -0.05) is 12.8 Å². The minimum atomic E-state index is -0.519. The van der Waals surface area contributed by atoms with Gasteiger partial charge in [-0.25, -0.2) is 9.10 Å². The number of nitrogens with zero attached hydrogens (tertiary/aromatic N) is 2. The van der Waals surface area contributed by atoms with Crippen LogP contribution in [0.2, 0.25) is 0 Å². The van der Waals surface area contributed by atoms with Crippen LogP contribution < -0.4 is 15.4 Å². The number of carbonyl (C=O) groups is 2. The van der Waals surface area contributed by atoms with Crippen LogP contribution in [0.15, 0.2) is 48.8 Å². The second-order valence-corrected chi connectivity index (χ2v) is 4.64. The first kappa shape index (κ1) is 14.9. The molecule has 0 saturated heterocycles. The molecule has 0 saturated carbocycles. The van der Waals surface area contributed by atoms with Gasteiger partial charge >= 0.3 is 6.03 Å². The molecule has 21 heavy (non-hydrogen) atoms. The van der Waals surface area contributed by atoms with Gasteiger partial charge < -0.3 is 11.1 Å². The second-order valence-electron chi connectivity index (χ2n) is 4.24. The zero-order valence-corrected chi connectivity index (χ0v) is 12.0. The van der Waals surface area contributed by atoms with Crippen LogP contribution in [-0.2, 0) is 6.54 Å². The van der Waals surface area contributed by atoms with Crippen LogP contribution in [0.25, 0.3) is 0 Å². The SMILES string of the molecule is NC(=O)c1ccc(N(S)C(=O)NCc2ccncc2)cc1. The van der Waals surface area contributed by atoms with Gasteiger partial charge in [0.2, 0.25) is 5.91 Å². The van der Waals surface area contributed by atoms with E-state index in [0.717, 1.165) is 9.87 Å². The van der Waals surface area contributed by atoms with Gasteiger partial charge in [-0.2, -0.15) is 0 Å². The molecule has 0 radical (unpaired) electrons. The predicted molar refractivity (Wildman–Crippen MR) is 82.9 cm³/mol. The van der Waals surface area contributed by atoms with Gasteiger partial charge in [-0.05, 0) is 42.0 Å². The zero-order chi connectivity index (χ0) is 15.2. The summed E-state index contributed by atoms with van der Waals surface area (Å²) < 4.78 is 1.16. The lowest BCUT2D eigenvalue weighted by Gasteiger charge is -2.16. The molecule has 108 valence electrons. The molecule has 2 rings (SSSR count). The van der Waals surface area contributed by atoms with Crippen molar-refractivity contribution in [1.82, 2.24) is 10.3 Å². The van der Waals surface area contributed by atoms with Crippen LogP contribution in [-0.4, -0.2) is 16.9 Å². The Morgan fingerprint density at radius 3 is 2.33 bits per heavy atom. The number of anilines is 1. The molecule has 3 amide bonds. The lowest BCUT2D eigenvalue weighted by atomic mass is 10.2. The molecular weight excluding hydrogens is 288 g/mol. The Morgan fingerprint density at radius 1 is 1.14 bits per heavy atom. The molecule has 1 aromatic carbocycles. The van der Waals surface area contributed by atoms with Gasteiger partial charge in [0.15, 0.2) is 0 Å². The quantitative estimate of drug-likeness (QED) is 0.752. The molecular formula is C14H14N4O2S. The standard InChI is InChI=1S/C14H14N4O2S/c15-13(19)11-1-3-12(4-2-11)18(21)14(20)17-9-10-5-7-16-8-6-10/h1-8,21H,9H2,(H2,15,19)(H,17,20). The van der Waals surface area contributed by atoms with E-state index < -0.39 is 5.91 Å². The number of rotatable bonds is 4. The first-order valence-corrected chi connectivity index (χ1v) is 6.53. The lowest BCUT2D eigenvalue weighted by Crippen LogP contribution is -2.33. The average Bonchev–Trinajstić information content (AvgIpc) is 2.53. The summed E-state index contributed by atoms with van der Waals surface area (Å²) in [6, 6.07) is 9.52. The van der Waals surface area contributed by atoms with Crippen LogP contribution in [0, 0.1) is 0 Å². The number of carbonyl (C=O) groups excluding carboxylic acids is 2.